The van der Waals surface area contributed by atoms with Crippen LogP contribution >= 0.6 is 0 Å². The predicted molar refractivity (Wildman–Crippen MR) is 129 cm³/mol. The van der Waals surface area contributed by atoms with E-state index in [1.807, 2.05) is 56.3 Å². The summed E-state index contributed by atoms with van der Waals surface area (Å²) in [5, 5.41) is 20.1. The zero-order valence-corrected chi connectivity index (χ0v) is 19.5. The number of aliphatic hydroxyl groups excluding tert-OH is 1. The largest absolute Gasteiger partial charge is 0.491 e. The van der Waals surface area contributed by atoms with Crippen molar-refractivity contribution in [2.24, 2.45) is 11.0 Å². The number of ether oxygens (including phenoxy) is 2. The minimum Gasteiger partial charge on any atom is -0.491 e. The van der Waals surface area contributed by atoms with Crippen molar-refractivity contribution in [1.29, 1.82) is 0 Å². The Balaban J connectivity index is 1.34. The van der Waals surface area contributed by atoms with E-state index in [0.29, 0.717) is 31.8 Å². The Hall–Kier alpha value is -3.43. The lowest BCUT2D eigenvalue weighted by Crippen LogP contribution is -2.38. The van der Waals surface area contributed by atoms with E-state index in [2.05, 4.69) is 21.2 Å². The molecule has 1 aliphatic rings. The zero-order chi connectivity index (χ0) is 24.3. The third-order valence-corrected chi connectivity index (χ3v) is 5.31. The number of hydrogen-bond donors (Lipinski definition) is 4. The third-order valence-electron chi connectivity index (χ3n) is 5.31. The molecule has 0 aromatic heterocycles. The van der Waals surface area contributed by atoms with Crippen LogP contribution in [-0.4, -0.2) is 61.6 Å². The van der Waals surface area contributed by atoms with Crippen LogP contribution in [0.4, 0.5) is 0 Å². The molecule has 1 heterocycles. The highest BCUT2D eigenvalue weighted by molar-refractivity contribution is 6.07. The summed E-state index contributed by atoms with van der Waals surface area (Å²) in [5.41, 5.74) is 5.00. The van der Waals surface area contributed by atoms with Crippen molar-refractivity contribution in [3.05, 3.63) is 59.7 Å². The molecule has 3 rings (SSSR count). The maximum absolute atomic E-state index is 12.2. The molecule has 2 aromatic rings. The van der Waals surface area contributed by atoms with Gasteiger partial charge in [-0.3, -0.25) is 9.59 Å². The van der Waals surface area contributed by atoms with Gasteiger partial charge in [-0.15, -0.1) is 0 Å². The molecule has 0 saturated heterocycles. The smallest absolute Gasteiger partial charge is 0.257 e. The molecule has 2 unspecified atom stereocenters. The number of carbonyl (C=O) groups excluding carboxylic acids is 2. The number of aliphatic hydroxyl groups is 1. The first-order valence-electron chi connectivity index (χ1n) is 11.4. The number of nitrogens with zero attached hydrogens (tertiary/aromatic N) is 1. The van der Waals surface area contributed by atoms with Crippen molar-refractivity contribution in [3.63, 3.8) is 0 Å². The molecule has 9 heteroatoms. The maximum atomic E-state index is 12.2. The van der Waals surface area contributed by atoms with E-state index >= 15 is 0 Å². The van der Waals surface area contributed by atoms with E-state index in [0.717, 1.165) is 22.6 Å². The fourth-order valence-corrected chi connectivity index (χ4v) is 3.50. The minimum absolute atomic E-state index is 0.0455. The van der Waals surface area contributed by atoms with Crippen LogP contribution in [0.3, 0.4) is 0 Å². The van der Waals surface area contributed by atoms with E-state index in [9.17, 15) is 14.7 Å². The van der Waals surface area contributed by atoms with Crippen molar-refractivity contribution >= 4 is 17.5 Å². The first kappa shape index (κ1) is 25.2. The number of nitrogens with one attached hydrogen (secondary N) is 3. The van der Waals surface area contributed by atoms with Crippen molar-refractivity contribution in [1.82, 2.24) is 16.1 Å². The molecule has 2 amide bonds. The topological polar surface area (TPSA) is 121 Å². The zero-order valence-electron chi connectivity index (χ0n) is 19.5. The summed E-state index contributed by atoms with van der Waals surface area (Å²) >= 11 is 0. The Labute approximate surface area is 199 Å². The SMILES string of the molecule is Cc1ccccc1OCC(O)CNCCNC(=O)COc1ccccc1C1=NNC(=O)CC1C. The van der Waals surface area contributed by atoms with Crippen LogP contribution in [-0.2, 0) is 9.59 Å². The second-order valence-electron chi connectivity index (χ2n) is 8.21. The molecule has 4 N–H and O–H groups in total. The number of carbonyl (C=O) groups is 2. The fourth-order valence-electron chi connectivity index (χ4n) is 3.50. The molecule has 0 fully saturated rings. The highest BCUT2D eigenvalue weighted by atomic mass is 16.5. The molecule has 0 bridgehead atoms. The Bertz CT molecular complexity index is 1010. The lowest BCUT2D eigenvalue weighted by Gasteiger charge is -2.21. The minimum atomic E-state index is -0.662. The molecule has 2 atom stereocenters. The Kier molecular flexibility index (Phi) is 9.42. The molecule has 1 aliphatic heterocycles. The van der Waals surface area contributed by atoms with E-state index in [1.165, 1.54) is 0 Å². The second-order valence-corrected chi connectivity index (χ2v) is 8.21. The van der Waals surface area contributed by atoms with Crippen LogP contribution in [0.25, 0.3) is 0 Å². The van der Waals surface area contributed by atoms with Crippen LogP contribution in [0.1, 0.15) is 24.5 Å². The van der Waals surface area contributed by atoms with Gasteiger partial charge in [0.1, 0.15) is 24.2 Å². The normalized spacial score (nSPS) is 16.3. The third kappa shape index (κ3) is 7.57. The monoisotopic (exact) mass is 468 g/mol. The highest BCUT2D eigenvalue weighted by Gasteiger charge is 2.24. The van der Waals surface area contributed by atoms with Gasteiger partial charge in [0.2, 0.25) is 5.91 Å². The van der Waals surface area contributed by atoms with Gasteiger partial charge in [-0.05, 0) is 30.7 Å². The average Bonchev–Trinajstić information content (AvgIpc) is 2.82. The summed E-state index contributed by atoms with van der Waals surface area (Å²) in [6.07, 6.45) is -0.307. The van der Waals surface area contributed by atoms with Gasteiger partial charge in [0.05, 0.1) is 5.71 Å². The summed E-state index contributed by atoms with van der Waals surface area (Å²) in [6, 6.07) is 15.0. The molecule has 0 radical (unpaired) electrons. The predicted octanol–water partition coefficient (Wildman–Crippen LogP) is 1.38. The first-order valence-corrected chi connectivity index (χ1v) is 11.4. The van der Waals surface area contributed by atoms with Crippen molar-refractivity contribution in [3.8, 4) is 11.5 Å². The lowest BCUT2D eigenvalue weighted by molar-refractivity contribution is -0.123. The van der Waals surface area contributed by atoms with Gasteiger partial charge in [0.25, 0.3) is 5.91 Å². The van der Waals surface area contributed by atoms with Crippen LogP contribution in [0.5, 0.6) is 11.5 Å². The van der Waals surface area contributed by atoms with Crippen LogP contribution in [0, 0.1) is 12.8 Å². The van der Waals surface area contributed by atoms with Gasteiger partial charge in [0.15, 0.2) is 6.61 Å². The van der Waals surface area contributed by atoms with Crippen LogP contribution in [0.15, 0.2) is 53.6 Å². The quantitative estimate of drug-likeness (QED) is 0.349. The van der Waals surface area contributed by atoms with Gasteiger partial charge < -0.3 is 25.2 Å². The summed E-state index contributed by atoms with van der Waals surface area (Å²) in [6.45, 7) is 5.17. The maximum Gasteiger partial charge on any atom is 0.257 e. The van der Waals surface area contributed by atoms with Crippen LogP contribution < -0.4 is 25.5 Å². The van der Waals surface area contributed by atoms with E-state index in [4.69, 9.17) is 9.47 Å². The van der Waals surface area contributed by atoms with Gasteiger partial charge in [-0.1, -0.05) is 37.3 Å². The standard InChI is InChI=1S/C25H32N4O5/c1-17-7-3-5-9-21(17)33-15-19(30)14-26-11-12-27-24(32)16-34-22-10-6-4-8-20(22)25-18(2)13-23(31)28-29-25/h3-10,18-19,26,30H,11-16H2,1-2H3,(H,27,32)(H,28,31). The van der Waals surface area contributed by atoms with E-state index < -0.39 is 6.10 Å². The Morgan fingerprint density at radius 1 is 1.15 bits per heavy atom. The highest BCUT2D eigenvalue weighted by Crippen LogP contribution is 2.24. The van der Waals surface area contributed by atoms with Crippen molar-refractivity contribution in [2.75, 3.05) is 32.8 Å². The molecular weight excluding hydrogens is 436 g/mol. The van der Waals surface area contributed by atoms with Gasteiger partial charge >= 0.3 is 0 Å². The number of hydrazone groups is 1. The molecule has 34 heavy (non-hydrogen) atoms. The van der Waals surface area contributed by atoms with Crippen molar-refractivity contribution in [2.45, 2.75) is 26.4 Å². The fraction of sp³-hybridized carbons (Fsp3) is 0.400. The molecule has 0 saturated carbocycles. The number of para-hydroxylation sites is 2. The number of aryl methyl sites for hydroxylation is 1. The van der Waals surface area contributed by atoms with Crippen LogP contribution in [0.2, 0.25) is 0 Å². The number of hydrogen-bond acceptors (Lipinski definition) is 7. The number of rotatable bonds is 12. The van der Waals surface area contributed by atoms with Gasteiger partial charge in [-0.2, -0.15) is 5.10 Å². The molecule has 182 valence electrons. The Morgan fingerprint density at radius 2 is 1.88 bits per heavy atom. The Morgan fingerprint density at radius 3 is 2.65 bits per heavy atom. The van der Waals surface area contributed by atoms with Gasteiger partial charge in [-0.25, -0.2) is 5.43 Å². The first-order chi connectivity index (χ1) is 16.4. The lowest BCUT2D eigenvalue weighted by atomic mass is 9.93. The van der Waals surface area contributed by atoms with E-state index in [-0.39, 0.29) is 30.9 Å². The summed E-state index contributed by atoms with van der Waals surface area (Å²) in [5.74, 6) is 0.872. The number of amides is 2. The second kappa shape index (κ2) is 12.7. The van der Waals surface area contributed by atoms with Crippen molar-refractivity contribution < 1.29 is 24.2 Å². The summed E-state index contributed by atoms with van der Waals surface area (Å²) < 4.78 is 11.4. The number of benzene rings is 2. The summed E-state index contributed by atoms with van der Waals surface area (Å²) in [4.78, 5) is 23.7. The molecule has 2 aromatic carbocycles. The van der Waals surface area contributed by atoms with Gasteiger partial charge in [0, 0.05) is 37.5 Å². The molecule has 9 nitrogen and oxygen atoms in total. The molecular formula is C25H32N4O5. The molecule has 0 aliphatic carbocycles. The van der Waals surface area contributed by atoms with E-state index in [1.54, 1.807) is 6.07 Å². The summed E-state index contributed by atoms with van der Waals surface area (Å²) in [7, 11) is 0. The average molecular weight is 469 g/mol. The molecule has 0 spiro atoms.